The third kappa shape index (κ3) is 19.4. The number of thiocarbonyl (C=S) groups is 1. The molecule has 0 radical (unpaired) electrons. The summed E-state index contributed by atoms with van der Waals surface area (Å²) < 4.78 is 0. The number of unbranched alkanes of at least 4 members (excludes halogenated alkanes) is 13. The first-order valence-corrected chi connectivity index (χ1v) is 11.3. The number of allylic oxidation sites excluding steroid dienone is 2. The van der Waals surface area contributed by atoms with Crippen LogP contribution in [-0.2, 0) is 0 Å². The second kappa shape index (κ2) is 20.4. The van der Waals surface area contributed by atoms with Crippen LogP contribution in [0, 0.1) is 0 Å². The van der Waals surface area contributed by atoms with E-state index in [2.05, 4.69) is 22.8 Å². The molecular weight excluding hydrogens is 338 g/mol. The van der Waals surface area contributed by atoms with Crippen LogP contribution in [0.1, 0.15) is 111 Å². The largest absolute Gasteiger partial charge is 0.361 e. The number of rotatable bonds is 17. The molecule has 0 unspecified atom stereocenters. The molecule has 0 heterocycles. The van der Waals surface area contributed by atoms with Crippen molar-refractivity contribution in [1.82, 2.24) is 10.7 Å². The predicted octanol–water partition coefficient (Wildman–Crippen LogP) is 6.88. The van der Waals surface area contributed by atoms with Crippen molar-refractivity contribution in [3.05, 3.63) is 11.6 Å². The van der Waals surface area contributed by atoms with Crippen LogP contribution in [0.15, 0.2) is 16.8 Å². The van der Waals surface area contributed by atoms with Gasteiger partial charge >= 0.3 is 0 Å². The second-order valence-electron chi connectivity index (χ2n) is 7.25. The third-order valence-electron chi connectivity index (χ3n) is 4.71. The van der Waals surface area contributed by atoms with E-state index >= 15 is 0 Å². The molecule has 0 saturated carbocycles. The first kappa shape index (κ1) is 25.1. The summed E-state index contributed by atoms with van der Waals surface area (Å²) in [5.74, 6) is 0. The normalized spacial score (nSPS) is 11.9. The number of nitrogens with zero attached hydrogens (tertiary/aromatic N) is 1. The minimum absolute atomic E-state index is 0.611. The van der Waals surface area contributed by atoms with Gasteiger partial charge in [-0.2, -0.15) is 5.10 Å². The van der Waals surface area contributed by atoms with E-state index in [-0.39, 0.29) is 0 Å². The first-order valence-electron chi connectivity index (χ1n) is 10.9. The number of nitrogens with one attached hydrogen (secondary N) is 2. The summed E-state index contributed by atoms with van der Waals surface area (Å²) in [6.07, 6.45) is 23.2. The monoisotopic (exact) mass is 381 g/mol. The predicted molar refractivity (Wildman–Crippen MR) is 122 cm³/mol. The van der Waals surface area contributed by atoms with Gasteiger partial charge in [0.2, 0.25) is 0 Å². The molecule has 152 valence electrons. The fraction of sp³-hybridized carbons (Fsp3) is 0.818. The maximum atomic E-state index is 5.19. The maximum Gasteiger partial charge on any atom is 0.186 e. The molecule has 0 saturated heterocycles. The van der Waals surface area contributed by atoms with E-state index in [4.69, 9.17) is 12.2 Å². The molecule has 0 aromatic heterocycles. The van der Waals surface area contributed by atoms with E-state index in [1.165, 1.54) is 89.9 Å². The van der Waals surface area contributed by atoms with E-state index in [0.29, 0.717) is 5.11 Å². The standard InChI is InChI=1S/C22H43N3S/c1-4-6-7-8-9-10-11-12-13-14-15-16-17-18-19-23-22(26)25-24-20-21(3)5-2/h5,20H,4,6-19H2,1-3H3,(H2,23,25,26)/b21-5+,24-20+. The Kier molecular flexibility index (Phi) is 19.7. The molecule has 0 amide bonds. The van der Waals surface area contributed by atoms with Crippen molar-refractivity contribution < 1.29 is 0 Å². The molecule has 0 spiro atoms. The van der Waals surface area contributed by atoms with Gasteiger partial charge in [-0.25, -0.2) is 0 Å². The van der Waals surface area contributed by atoms with Gasteiger partial charge in [-0.3, -0.25) is 5.43 Å². The Morgan fingerprint density at radius 2 is 1.27 bits per heavy atom. The van der Waals surface area contributed by atoms with Crippen LogP contribution in [0.25, 0.3) is 0 Å². The van der Waals surface area contributed by atoms with Crippen molar-refractivity contribution in [2.24, 2.45) is 5.10 Å². The van der Waals surface area contributed by atoms with Crippen molar-refractivity contribution in [3.8, 4) is 0 Å². The SMILES string of the molecule is C/C=C(C)/C=N/NC(=S)NCCCCCCCCCCCCCCCC. The Morgan fingerprint density at radius 1 is 0.808 bits per heavy atom. The van der Waals surface area contributed by atoms with Gasteiger partial charge in [-0.1, -0.05) is 96.5 Å². The third-order valence-corrected chi connectivity index (χ3v) is 4.94. The van der Waals surface area contributed by atoms with Crippen molar-refractivity contribution in [3.63, 3.8) is 0 Å². The molecule has 4 heteroatoms. The summed E-state index contributed by atoms with van der Waals surface area (Å²) in [5, 5.41) is 7.90. The lowest BCUT2D eigenvalue weighted by molar-refractivity contribution is 0.535. The maximum absolute atomic E-state index is 5.19. The van der Waals surface area contributed by atoms with E-state index < -0.39 is 0 Å². The first-order chi connectivity index (χ1) is 12.7. The van der Waals surface area contributed by atoms with Gasteiger partial charge in [0.05, 0.1) is 0 Å². The summed E-state index contributed by atoms with van der Waals surface area (Å²) in [7, 11) is 0. The Morgan fingerprint density at radius 3 is 1.73 bits per heavy atom. The lowest BCUT2D eigenvalue weighted by Gasteiger charge is -2.07. The number of hydrogen-bond donors (Lipinski definition) is 2. The summed E-state index contributed by atoms with van der Waals surface area (Å²) in [6.45, 7) is 7.22. The molecular formula is C22H43N3S. The minimum atomic E-state index is 0.611. The van der Waals surface area contributed by atoms with Gasteiger partial charge in [-0.15, -0.1) is 0 Å². The molecule has 0 aromatic carbocycles. The van der Waals surface area contributed by atoms with Crippen LogP contribution in [0.4, 0.5) is 0 Å². The Balaban J connectivity index is 3.22. The highest BCUT2D eigenvalue weighted by molar-refractivity contribution is 7.80. The number of hydrogen-bond acceptors (Lipinski definition) is 2. The van der Waals surface area contributed by atoms with Gasteiger partial charge in [0.25, 0.3) is 0 Å². The van der Waals surface area contributed by atoms with Crippen molar-refractivity contribution in [2.45, 2.75) is 111 Å². The van der Waals surface area contributed by atoms with Crippen molar-refractivity contribution in [1.29, 1.82) is 0 Å². The number of hydrazone groups is 1. The van der Waals surface area contributed by atoms with Gasteiger partial charge in [0, 0.05) is 12.8 Å². The fourth-order valence-electron chi connectivity index (χ4n) is 2.83. The van der Waals surface area contributed by atoms with E-state index in [1.54, 1.807) is 6.21 Å². The van der Waals surface area contributed by atoms with E-state index in [1.807, 2.05) is 19.9 Å². The zero-order valence-corrected chi connectivity index (χ0v) is 18.4. The van der Waals surface area contributed by atoms with Gasteiger partial charge in [0.1, 0.15) is 0 Å². The molecule has 0 aliphatic heterocycles. The molecule has 0 aliphatic carbocycles. The summed E-state index contributed by atoms with van der Waals surface area (Å²) in [6, 6.07) is 0. The van der Waals surface area contributed by atoms with Gasteiger partial charge in [0.15, 0.2) is 5.11 Å². The quantitative estimate of drug-likeness (QED) is 0.125. The second-order valence-corrected chi connectivity index (χ2v) is 7.66. The van der Waals surface area contributed by atoms with Crippen molar-refractivity contribution >= 4 is 23.5 Å². The summed E-state index contributed by atoms with van der Waals surface area (Å²) >= 11 is 5.19. The lowest BCUT2D eigenvalue weighted by atomic mass is 10.0. The highest BCUT2D eigenvalue weighted by atomic mass is 32.1. The molecule has 26 heavy (non-hydrogen) atoms. The van der Waals surface area contributed by atoms with Crippen LogP contribution in [-0.4, -0.2) is 17.9 Å². The molecule has 0 bridgehead atoms. The minimum Gasteiger partial charge on any atom is -0.361 e. The van der Waals surface area contributed by atoms with Crippen LogP contribution in [0.3, 0.4) is 0 Å². The topological polar surface area (TPSA) is 36.4 Å². The molecule has 0 aliphatic rings. The fourth-order valence-corrected chi connectivity index (χ4v) is 2.98. The molecule has 2 N–H and O–H groups in total. The molecule has 0 atom stereocenters. The smallest absolute Gasteiger partial charge is 0.186 e. The van der Waals surface area contributed by atoms with Crippen LogP contribution in [0.5, 0.6) is 0 Å². The Bertz CT molecular complexity index is 378. The van der Waals surface area contributed by atoms with Gasteiger partial charge in [-0.05, 0) is 38.1 Å². The Labute approximate surface area is 168 Å². The highest BCUT2D eigenvalue weighted by Crippen LogP contribution is 2.12. The van der Waals surface area contributed by atoms with E-state index in [9.17, 15) is 0 Å². The molecule has 0 rings (SSSR count). The summed E-state index contributed by atoms with van der Waals surface area (Å²) in [4.78, 5) is 0. The molecule has 0 aromatic rings. The van der Waals surface area contributed by atoms with Crippen LogP contribution < -0.4 is 10.7 Å². The van der Waals surface area contributed by atoms with E-state index in [0.717, 1.165) is 12.1 Å². The van der Waals surface area contributed by atoms with Crippen LogP contribution in [0.2, 0.25) is 0 Å². The lowest BCUT2D eigenvalue weighted by Crippen LogP contribution is -2.32. The molecule has 3 nitrogen and oxygen atoms in total. The van der Waals surface area contributed by atoms with Gasteiger partial charge < -0.3 is 5.32 Å². The molecule has 0 fully saturated rings. The summed E-state index contributed by atoms with van der Waals surface area (Å²) in [5.41, 5.74) is 3.96. The Hall–Kier alpha value is -0.900. The highest BCUT2D eigenvalue weighted by Gasteiger charge is 1.95. The van der Waals surface area contributed by atoms with Crippen LogP contribution >= 0.6 is 12.2 Å². The van der Waals surface area contributed by atoms with Crippen molar-refractivity contribution in [2.75, 3.05) is 6.54 Å². The average molecular weight is 382 g/mol. The average Bonchev–Trinajstić information content (AvgIpc) is 2.64. The zero-order chi connectivity index (χ0) is 19.3. The zero-order valence-electron chi connectivity index (χ0n) is 17.6.